The van der Waals surface area contributed by atoms with Gasteiger partial charge < -0.3 is 5.73 Å². The molecule has 2 aromatic rings. The SMILES string of the molecule is Nc1cc(Cl)ccc1Sc1ncn[nH]1. The number of halogens is 1. The van der Waals surface area contributed by atoms with Crippen LogP contribution in [0.5, 0.6) is 0 Å². The second kappa shape index (κ2) is 3.89. The second-order valence-electron chi connectivity index (χ2n) is 2.57. The number of nitrogen functional groups attached to an aromatic ring is 1. The molecule has 0 aliphatic rings. The van der Waals surface area contributed by atoms with Crippen molar-refractivity contribution in [2.24, 2.45) is 0 Å². The Kier molecular flexibility index (Phi) is 2.60. The van der Waals surface area contributed by atoms with Gasteiger partial charge in [0.05, 0.1) is 0 Å². The summed E-state index contributed by atoms with van der Waals surface area (Å²) in [6, 6.07) is 5.35. The summed E-state index contributed by atoms with van der Waals surface area (Å²) >= 11 is 7.19. The zero-order valence-corrected chi connectivity index (χ0v) is 8.64. The Morgan fingerprint density at radius 1 is 1.43 bits per heavy atom. The number of H-pyrrole nitrogens is 1. The Morgan fingerprint density at radius 3 is 2.93 bits per heavy atom. The minimum Gasteiger partial charge on any atom is -0.398 e. The van der Waals surface area contributed by atoms with Gasteiger partial charge in [-0.3, -0.25) is 5.10 Å². The minimum atomic E-state index is 0.629. The van der Waals surface area contributed by atoms with E-state index >= 15 is 0 Å². The molecule has 1 aromatic carbocycles. The molecule has 0 aliphatic carbocycles. The fourth-order valence-electron chi connectivity index (χ4n) is 0.960. The topological polar surface area (TPSA) is 67.6 Å². The molecule has 0 radical (unpaired) electrons. The summed E-state index contributed by atoms with van der Waals surface area (Å²) in [6.45, 7) is 0. The van der Waals surface area contributed by atoms with E-state index in [0.717, 1.165) is 4.90 Å². The molecule has 0 unspecified atom stereocenters. The van der Waals surface area contributed by atoms with Crippen LogP contribution in [0.2, 0.25) is 5.02 Å². The van der Waals surface area contributed by atoms with Gasteiger partial charge in [0.15, 0.2) is 5.16 Å². The van der Waals surface area contributed by atoms with Crippen LogP contribution in [-0.2, 0) is 0 Å². The van der Waals surface area contributed by atoms with E-state index in [1.807, 2.05) is 6.07 Å². The standard InChI is InChI=1S/C8H7ClN4S/c9-5-1-2-7(6(10)3-5)14-8-11-4-12-13-8/h1-4H,10H2,(H,11,12,13). The zero-order chi connectivity index (χ0) is 9.97. The molecule has 3 N–H and O–H groups in total. The lowest BCUT2D eigenvalue weighted by molar-refractivity contribution is 0.973. The van der Waals surface area contributed by atoms with Crippen molar-refractivity contribution in [3.8, 4) is 0 Å². The number of nitrogens with two attached hydrogens (primary N) is 1. The number of aromatic amines is 1. The number of nitrogens with one attached hydrogen (secondary N) is 1. The summed E-state index contributed by atoms with van der Waals surface area (Å²) < 4.78 is 0. The summed E-state index contributed by atoms with van der Waals surface area (Å²) in [6.07, 6.45) is 1.45. The highest BCUT2D eigenvalue weighted by molar-refractivity contribution is 7.99. The largest absolute Gasteiger partial charge is 0.398 e. The number of rotatable bonds is 2. The number of aromatic nitrogens is 3. The molecule has 0 atom stereocenters. The molecule has 0 saturated heterocycles. The fraction of sp³-hybridized carbons (Fsp3) is 0. The van der Waals surface area contributed by atoms with Gasteiger partial charge >= 0.3 is 0 Å². The van der Waals surface area contributed by atoms with Gasteiger partial charge in [-0.25, -0.2) is 4.98 Å². The lowest BCUT2D eigenvalue weighted by atomic mass is 10.3. The number of hydrogen-bond acceptors (Lipinski definition) is 4. The normalized spacial score (nSPS) is 10.4. The molecule has 0 amide bonds. The summed E-state index contributed by atoms with van der Waals surface area (Å²) in [5.74, 6) is 0. The average molecular weight is 227 g/mol. The Labute approximate surface area is 89.9 Å². The van der Waals surface area contributed by atoms with Crippen molar-refractivity contribution in [2.45, 2.75) is 10.1 Å². The molecule has 1 aromatic heterocycles. The maximum absolute atomic E-state index is 5.77. The molecule has 0 bridgehead atoms. The van der Waals surface area contributed by atoms with Gasteiger partial charge in [-0.2, -0.15) is 5.10 Å². The lowest BCUT2D eigenvalue weighted by Crippen LogP contribution is -1.88. The van der Waals surface area contributed by atoms with Crippen LogP contribution in [0.1, 0.15) is 0 Å². The van der Waals surface area contributed by atoms with Gasteiger partial charge in [0.1, 0.15) is 6.33 Å². The van der Waals surface area contributed by atoms with Crippen molar-refractivity contribution in [3.63, 3.8) is 0 Å². The first kappa shape index (κ1) is 9.36. The van der Waals surface area contributed by atoms with Crippen molar-refractivity contribution in [2.75, 3.05) is 5.73 Å². The highest BCUT2D eigenvalue weighted by Gasteiger charge is 2.04. The third kappa shape index (κ3) is 2.00. The maximum Gasteiger partial charge on any atom is 0.188 e. The van der Waals surface area contributed by atoms with Crippen LogP contribution < -0.4 is 5.73 Å². The Balaban J connectivity index is 2.25. The molecule has 0 spiro atoms. The van der Waals surface area contributed by atoms with Crippen LogP contribution in [0.4, 0.5) is 5.69 Å². The van der Waals surface area contributed by atoms with Crippen LogP contribution in [-0.4, -0.2) is 15.2 Å². The molecular weight excluding hydrogens is 220 g/mol. The molecule has 72 valence electrons. The monoisotopic (exact) mass is 226 g/mol. The van der Waals surface area contributed by atoms with E-state index < -0.39 is 0 Å². The lowest BCUT2D eigenvalue weighted by Gasteiger charge is -2.02. The third-order valence-electron chi connectivity index (χ3n) is 1.57. The Morgan fingerprint density at radius 2 is 2.29 bits per heavy atom. The molecule has 4 nitrogen and oxygen atoms in total. The number of hydrogen-bond donors (Lipinski definition) is 2. The predicted octanol–water partition coefficient (Wildman–Crippen LogP) is 2.19. The summed E-state index contributed by atoms with van der Waals surface area (Å²) in [5, 5.41) is 7.82. The highest BCUT2D eigenvalue weighted by atomic mass is 35.5. The molecule has 1 heterocycles. The quantitative estimate of drug-likeness (QED) is 0.771. The van der Waals surface area contributed by atoms with Gasteiger partial charge in [0.25, 0.3) is 0 Å². The summed E-state index contributed by atoms with van der Waals surface area (Å²) in [7, 11) is 0. The van der Waals surface area contributed by atoms with Crippen molar-refractivity contribution < 1.29 is 0 Å². The molecule has 6 heteroatoms. The van der Waals surface area contributed by atoms with Crippen LogP contribution in [0.15, 0.2) is 34.6 Å². The van der Waals surface area contributed by atoms with E-state index in [0.29, 0.717) is 15.9 Å². The Hall–Kier alpha value is -1.20. The van der Waals surface area contributed by atoms with Gasteiger partial charge in [-0.05, 0) is 30.0 Å². The fourth-order valence-corrected chi connectivity index (χ4v) is 1.86. The number of nitrogens with zero attached hydrogens (tertiary/aromatic N) is 2. The predicted molar refractivity (Wildman–Crippen MR) is 56.4 cm³/mol. The van der Waals surface area contributed by atoms with Crippen LogP contribution in [0.25, 0.3) is 0 Å². The van der Waals surface area contributed by atoms with Crippen molar-refractivity contribution in [1.82, 2.24) is 15.2 Å². The van der Waals surface area contributed by atoms with Crippen molar-refractivity contribution in [1.29, 1.82) is 0 Å². The van der Waals surface area contributed by atoms with E-state index in [9.17, 15) is 0 Å². The van der Waals surface area contributed by atoms with Crippen LogP contribution in [0, 0.1) is 0 Å². The maximum atomic E-state index is 5.77. The molecular formula is C8H7ClN4S. The first-order valence-corrected chi connectivity index (χ1v) is 5.03. The summed E-state index contributed by atoms with van der Waals surface area (Å²) in [5.41, 5.74) is 6.41. The number of anilines is 1. The van der Waals surface area contributed by atoms with Gasteiger partial charge in [0, 0.05) is 15.6 Å². The van der Waals surface area contributed by atoms with E-state index in [1.165, 1.54) is 18.1 Å². The smallest absolute Gasteiger partial charge is 0.188 e. The number of benzene rings is 1. The van der Waals surface area contributed by atoms with Crippen molar-refractivity contribution in [3.05, 3.63) is 29.5 Å². The van der Waals surface area contributed by atoms with Gasteiger partial charge in [-0.15, -0.1) is 0 Å². The van der Waals surface area contributed by atoms with E-state index in [-0.39, 0.29) is 0 Å². The third-order valence-corrected chi connectivity index (χ3v) is 2.79. The van der Waals surface area contributed by atoms with Gasteiger partial charge in [-0.1, -0.05) is 11.6 Å². The van der Waals surface area contributed by atoms with E-state index in [4.69, 9.17) is 17.3 Å². The Bertz CT molecular complexity index is 429. The average Bonchev–Trinajstić information content (AvgIpc) is 2.62. The molecule has 14 heavy (non-hydrogen) atoms. The van der Waals surface area contributed by atoms with E-state index in [1.54, 1.807) is 12.1 Å². The minimum absolute atomic E-state index is 0.629. The molecule has 0 fully saturated rings. The summed E-state index contributed by atoms with van der Waals surface area (Å²) in [4.78, 5) is 4.89. The van der Waals surface area contributed by atoms with E-state index in [2.05, 4.69) is 15.2 Å². The van der Waals surface area contributed by atoms with Crippen LogP contribution in [0.3, 0.4) is 0 Å². The highest BCUT2D eigenvalue weighted by Crippen LogP contribution is 2.30. The van der Waals surface area contributed by atoms with Gasteiger partial charge in [0.2, 0.25) is 0 Å². The van der Waals surface area contributed by atoms with Crippen LogP contribution >= 0.6 is 23.4 Å². The first-order chi connectivity index (χ1) is 6.75. The van der Waals surface area contributed by atoms with Crippen molar-refractivity contribution >= 4 is 29.1 Å². The molecule has 0 aliphatic heterocycles. The second-order valence-corrected chi connectivity index (χ2v) is 4.04. The molecule has 2 rings (SSSR count). The first-order valence-electron chi connectivity index (χ1n) is 3.84. The zero-order valence-electron chi connectivity index (χ0n) is 7.07. The molecule has 0 saturated carbocycles.